The Morgan fingerprint density at radius 3 is 2.67 bits per heavy atom. The molecule has 88 valence electrons. The second-order valence-corrected chi connectivity index (χ2v) is 4.94. The molecule has 1 rings (SSSR count). The minimum Gasteiger partial charge on any atom is -0.379 e. The molecular weight excluding hydrogens is 192 g/mol. The van der Waals surface area contributed by atoms with Gasteiger partial charge in [-0.15, -0.1) is 0 Å². The molecule has 0 aromatic rings. The molecule has 0 aliphatic carbocycles. The molecule has 0 spiro atoms. The van der Waals surface area contributed by atoms with Gasteiger partial charge in [-0.3, -0.25) is 4.79 Å². The fourth-order valence-corrected chi connectivity index (χ4v) is 1.84. The second kappa shape index (κ2) is 4.94. The number of hydrogen-bond donors (Lipinski definition) is 2. The first-order valence-electron chi connectivity index (χ1n) is 5.58. The first kappa shape index (κ1) is 12.5. The molecule has 4 nitrogen and oxygen atoms in total. The van der Waals surface area contributed by atoms with Crippen molar-refractivity contribution in [3.8, 4) is 0 Å². The third-order valence-electron chi connectivity index (χ3n) is 3.04. The van der Waals surface area contributed by atoms with Crippen molar-refractivity contribution in [2.24, 2.45) is 17.6 Å². The van der Waals surface area contributed by atoms with Gasteiger partial charge >= 0.3 is 0 Å². The maximum absolute atomic E-state index is 11.9. The van der Waals surface area contributed by atoms with Crippen LogP contribution in [-0.4, -0.2) is 31.2 Å². The topological polar surface area (TPSA) is 64.4 Å². The Morgan fingerprint density at radius 1 is 1.60 bits per heavy atom. The van der Waals surface area contributed by atoms with Gasteiger partial charge in [-0.25, -0.2) is 0 Å². The SMILES string of the molecule is CC(C)C(CN)C(=O)NC1(C)CCOC1. The summed E-state index contributed by atoms with van der Waals surface area (Å²) in [6, 6.07) is 0. The van der Waals surface area contributed by atoms with Gasteiger partial charge in [0.25, 0.3) is 0 Å². The van der Waals surface area contributed by atoms with E-state index < -0.39 is 0 Å². The van der Waals surface area contributed by atoms with E-state index in [4.69, 9.17) is 10.5 Å². The van der Waals surface area contributed by atoms with Gasteiger partial charge in [-0.05, 0) is 19.3 Å². The molecule has 0 bridgehead atoms. The van der Waals surface area contributed by atoms with E-state index >= 15 is 0 Å². The number of nitrogens with two attached hydrogens (primary N) is 1. The van der Waals surface area contributed by atoms with Gasteiger partial charge in [0.15, 0.2) is 0 Å². The fourth-order valence-electron chi connectivity index (χ4n) is 1.84. The maximum Gasteiger partial charge on any atom is 0.225 e. The highest BCUT2D eigenvalue weighted by Crippen LogP contribution is 2.19. The summed E-state index contributed by atoms with van der Waals surface area (Å²) in [5.74, 6) is 0.240. The molecule has 3 N–H and O–H groups in total. The average molecular weight is 214 g/mol. The Bertz CT molecular complexity index is 223. The largest absolute Gasteiger partial charge is 0.379 e. The first-order valence-corrected chi connectivity index (χ1v) is 5.58. The lowest BCUT2D eigenvalue weighted by Crippen LogP contribution is -2.50. The van der Waals surface area contributed by atoms with E-state index in [0.29, 0.717) is 13.2 Å². The van der Waals surface area contributed by atoms with Crippen molar-refractivity contribution in [2.45, 2.75) is 32.7 Å². The number of rotatable bonds is 4. The molecular formula is C11H22N2O2. The number of nitrogens with one attached hydrogen (secondary N) is 1. The van der Waals surface area contributed by atoms with Crippen molar-refractivity contribution in [1.82, 2.24) is 5.32 Å². The third-order valence-corrected chi connectivity index (χ3v) is 3.04. The summed E-state index contributed by atoms with van der Waals surface area (Å²) in [5, 5.41) is 3.04. The molecule has 0 saturated carbocycles. The van der Waals surface area contributed by atoms with Gasteiger partial charge in [0.2, 0.25) is 5.91 Å². The highest BCUT2D eigenvalue weighted by atomic mass is 16.5. The summed E-state index contributed by atoms with van der Waals surface area (Å²) in [4.78, 5) is 11.9. The van der Waals surface area contributed by atoms with Crippen molar-refractivity contribution in [1.29, 1.82) is 0 Å². The summed E-state index contributed by atoms with van der Waals surface area (Å²) in [5.41, 5.74) is 5.40. The maximum atomic E-state index is 11.9. The van der Waals surface area contributed by atoms with Crippen LogP contribution >= 0.6 is 0 Å². The minimum atomic E-state index is -0.195. The van der Waals surface area contributed by atoms with Gasteiger partial charge < -0.3 is 15.8 Å². The lowest BCUT2D eigenvalue weighted by Gasteiger charge is -2.27. The standard InChI is InChI=1S/C11H22N2O2/c1-8(2)9(6-12)10(14)13-11(3)4-5-15-7-11/h8-9H,4-7,12H2,1-3H3,(H,13,14). The predicted molar refractivity (Wildman–Crippen MR) is 59.4 cm³/mol. The lowest BCUT2D eigenvalue weighted by atomic mass is 9.93. The van der Waals surface area contributed by atoms with E-state index in [-0.39, 0.29) is 23.3 Å². The van der Waals surface area contributed by atoms with Crippen LogP contribution in [0.4, 0.5) is 0 Å². The van der Waals surface area contributed by atoms with Crippen LogP contribution in [0.5, 0.6) is 0 Å². The van der Waals surface area contributed by atoms with E-state index in [1.165, 1.54) is 0 Å². The first-order chi connectivity index (χ1) is 6.98. The number of amides is 1. The smallest absolute Gasteiger partial charge is 0.225 e. The summed E-state index contributed by atoms with van der Waals surface area (Å²) >= 11 is 0. The minimum absolute atomic E-state index is 0.0560. The zero-order valence-corrected chi connectivity index (χ0v) is 9.88. The Morgan fingerprint density at radius 2 is 2.27 bits per heavy atom. The molecule has 0 aromatic carbocycles. The normalized spacial score (nSPS) is 28.1. The summed E-state index contributed by atoms with van der Waals surface area (Å²) < 4.78 is 5.29. The molecule has 1 aliphatic rings. The molecule has 0 aromatic heterocycles. The molecule has 1 heterocycles. The van der Waals surface area contributed by atoms with Crippen LogP contribution in [-0.2, 0) is 9.53 Å². The number of hydrogen-bond acceptors (Lipinski definition) is 3. The van der Waals surface area contributed by atoms with Gasteiger partial charge in [-0.2, -0.15) is 0 Å². The molecule has 2 atom stereocenters. The van der Waals surface area contributed by atoms with Crippen LogP contribution in [0.3, 0.4) is 0 Å². The van der Waals surface area contributed by atoms with Crippen molar-refractivity contribution >= 4 is 5.91 Å². The fraction of sp³-hybridized carbons (Fsp3) is 0.909. The number of carbonyl (C=O) groups excluding carboxylic acids is 1. The highest BCUT2D eigenvalue weighted by molar-refractivity contribution is 5.80. The molecule has 2 unspecified atom stereocenters. The molecule has 1 amide bonds. The molecule has 1 fully saturated rings. The summed E-state index contributed by atoms with van der Waals surface area (Å²) in [6.07, 6.45) is 0.883. The lowest BCUT2D eigenvalue weighted by molar-refractivity contribution is -0.127. The number of carbonyl (C=O) groups is 1. The van der Waals surface area contributed by atoms with Gasteiger partial charge in [-0.1, -0.05) is 13.8 Å². The molecule has 0 radical (unpaired) electrons. The van der Waals surface area contributed by atoms with Crippen molar-refractivity contribution in [2.75, 3.05) is 19.8 Å². The van der Waals surface area contributed by atoms with Gasteiger partial charge in [0.1, 0.15) is 0 Å². The van der Waals surface area contributed by atoms with Crippen LogP contribution in [0, 0.1) is 11.8 Å². The Balaban J connectivity index is 2.53. The van der Waals surface area contributed by atoms with Crippen LogP contribution in [0.2, 0.25) is 0 Å². The van der Waals surface area contributed by atoms with Crippen LogP contribution < -0.4 is 11.1 Å². The number of ether oxygens (including phenoxy) is 1. The van der Waals surface area contributed by atoms with E-state index in [1.54, 1.807) is 0 Å². The van der Waals surface area contributed by atoms with E-state index in [9.17, 15) is 4.79 Å². The zero-order chi connectivity index (χ0) is 11.5. The quantitative estimate of drug-likeness (QED) is 0.717. The van der Waals surface area contributed by atoms with Crippen LogP contribution in [0.1, 0.15) is 27.2 Å². The zero-order valence-electron chi connectivity index (χ0n) is 9.88. The van der Waals surface area contributed by atoms with Crippen molar-refractivity contribution < 1.29 is 9.53 Å². The van der Waals surface area contributed by atoms with Gasteiger partial charge in [0, 0.05) is 13.2 Å². The Hall–Kier alpha value is -0.610. The summed E-state index contributed by atoms with van der Waals surface area (Å²) in [6.45, 7) is 7.79. The molecule has 4 heteroatoms. The third kappa shape index (κ3) is 3.18. The van der Waals surface area contributed by atoms with E-state index in [1.807, 2.05) is 20.8 Å². The second-order valence-electron chi connectivity index (χ2n) is 4.94. The van der Waals surface area contributed by atoms with Crippen molar-refractivity contribution in [3.05, 3.63) is 0 Å². The monoisotopic (exact) mass is 214 g/mol. The van der Waals surface area contributed by atoms with E-state index in [0.717, 1.165) is 13.0 Å². The molecule has 1 saturated heterocycles. The molecule has 1 aliphatic heterocycles. The highest BCUT2D eigenvalue weighted by Gasteiger charge is 2.33. The van der Waals surface area contributed by atoms with Gasteiger partial charge in [0.05, 0.1) is 18.1 Å². The summed E-state index contributed by atoms with van der Waals surface area (Å²) in [7, 11) is 0. The molecule has 15 heavy (non-hydrogen) atoms. The van der Waals surface area contributed by atoms with Crippen LogP contribution in [0.15, 0.2) is 0 Å². The van der Waals surface area contributed by atoms with Crippen molar-refractivity contribution in [3.63, 3.8) is 0 Å². The predicted octanol–water partition coefficient (Wildman–Crippen LogP) is 0.513. The average Bonchev–Trinajstić information content (AvgIpc) is 2.51. The Labute approximate surface area is 91.5 Å². The van der Waals surface area contributed by atoms with E-state index in [2.05, 4.69) is 5.32 Å². The Kier molecular flexibility index (Phi) is 4.11. The van der Waals surface area contributed by atoms with Crippen LogP contribution in [0.25, 0.3) is 0 Å².